The van der Waals surface area contributed by atoms with Crippen molar-refractivity contribution in [2.45, 2.75) is 58.5 Å². The number of nitrogens with one attached hydrogen (secondary N) is 3. The summed E-state index contributed by atoms with van der Waals surface area (Å²) in [6.07, 6.45) is 1.42. The molecule has 8 nitrogen and oxygen atoms in total. The molecule has 0 spiro atoms. The molecule has 180 valence electrons. The number of nitrogens with zero attached hydrogens (tertiary/aromatic N) is 1. The Kier molecular flexibility index (Phi) is 10.1. The summed E-state index contributed by atoms with van der Waals surface area (Å²) >= 11 is 0. The zero-order valence-corrected chi connectivity index (χ0v) is 20.3. The smallest absolute Gasteiger partial charge is 0.407 e. The molecule has 0 aromatic heterocycles. The van der Waals surface area contributed by atoms with E-state index in [0.29, 0.717) is 26.2 Å². The van der Waals surface area contributed by atoms with Crippen LogP contribution in [-0.4, -0.2) is 63.7 Å². The highest BCUT2D eigenvalue weighted by molar-refractivity contribution is 5.79. The van der Waals surface area contributed by atoms with Gasteiger partial charge in [-0.2, -0.15) is 0 Å². The van der Waals surface area contributed by atoms with Crippen LogP contribution in [0, 0.1) is 0 Å². The third-order valence-corrected chi connectivity index (χ3v) is 5.20. The van der Waals surface area contributed by atoms with Crippen molar-refractivity contribution in [3.05, 3.63) is 29.8 Å². The van der Waals surface area contributed by atoms with Gasteiger partial charge in [0, 0.05) is 38.3 Å². The fourth-order valence-corrected chi connectivity index (χ4v) is 3.60. The van der Waals surface area contributed by atoms with Gasteiger partial charge in [0.2, 0.25) is 0 Å². The number of carbonyl (C=O) groups is 1. The Morgan fingerprint density at radius 3 is 2.31 bits per heavy atom. The van der Waals surface area contributed by atoms with Crippen LogP contribution in [0.4, 0.5) is 4.79 Å². The third-order valence-electron chi connectivity index (χ3n) is 5.20. The molecule has 0 atom stereocenters. The molecule has 1 aromatic carbocycles. The number of carbonyl (C=O) groups excluding carboxylic acids is 1. The van der Waals surface area contributed by atoms with Crippen molar-refractivity contribution in [3.63, 3.8) is 0 Å². The van der Waals surface area contributed by atoms with E-state index in [1.807, 2.05) is 46.8 Å². The van der Waals surface area contributed by atoms with E-state index in [4.69, 9.17) is 19.2 Å². The van der Waals surface area contributed by atoms with Gasteiger partial charge in [-0.05, 0) is 65.2 Å². The molecule has 0 saturated carbocycles. The fraction of sp³-hybridized carbons (Fsp3) is 0.667. The topological polar surface area (TPSA) is 93.2 Å². The van der Waals surface area contributed by atoms with Gasteiger partial charge in [0.25, 0.3) is 0 Å². The van der Waals surface area contributed by atoms with Crippen LogP contribution in [0.3, 0.4) is 0 Å². The zero-order chi connectivity index (χ0) is 23.5. The number of rotatable bonds is 9. The molecule has 1 amide bonds. The molecule has 32 heavy (non-hydrogen) atoms. The summed E-state index contributed by atoms with van der Waals surface area (Å²) in [6.45, 7) is 14.1. The van der Waals surface area contributed by atoms with Crippen molar-refractivity contribution in [2.75, 3.05) is 46.0 Å². The van der Waals surface area contributed by atoms with E-state index < -0.39 is 11.7 Å². The van der Waals surface area contributed by atoms with Gasteiger partial charge in [-0.1, -0.05) is 12.1 Å². The van der Waals surface area contributed by atoms with Gasteiger partial charge in [-0.25, -0.2) is 4.79 Å². The van der Waals surface area contributed by atoms with E-state index in [1.165, 1.54) is 5.56 Å². The van der Waals surface area contributed by atoms with Crippen molar-refractivity contribution >= 4 is 12.1 Å². The highest BCUT2D eigenvalue weighted by Crippen LogP contribution is 2.36. The van der Waals surface area contributed by atoms with Crippen LogP contribution in [0.1, 0.15) is 53.0 Å². The summed E-state index contributed by atoms with van der Waals surface area (Å²) in [4.78, 5) is 16.7. The Hall–Kier alpha value is -2.48. The monoisotopic (exact) mass is 448 g/mol. The lowest BCUT2D eigenvalue weighted by molar-refractivity contribution is 0.0527. The normalized spacial score (nSPS) is 16.2. The minimum Gasteiger partial charge on any atom is -0.494 e. The maximum Gasteiger partial charge on any atom is 0.407 e. The number of hydrogen-bond donors (Lipinski definition) is 3. The first-order chi connectivity index (χ1) is 15.3. The lowest BCUT2D eigenvalue weighted by atomic mass is 9.74. The molecule has 0 unspecified atom stereocenters. The van der Waals surface area contributed by atoms with Crippen LogP contribution in [0.5, 0.6) is 5.75 Å². The predicted molar refractivity (Wildman–Crippen MR) is 128 cm³/mol. The van der Waals surface area contributed by atoms with Crippen LogP contribution < -0.4 is 20.7 Å². The highest BCUT2D eigenvalue weighted by atomic mass is 16.6. The van der Waals surface area contributed by atoms with Crippen molar-refractivity contribution in [2.24, 2.45) is 4.99 Å². The third kappa shape index (κ3) is 8.57. The average Bonchev–Trinajstić information content (AvgIpc) is 2.75. The van der Waals surface area contributed by atoms with E-state index in [9.17, 15) is 4.79 Å². The first-order valence-corrected chi connectivity index (χ1v) is 11.6. The molecule has 3 N–H and O–H groups in total. The molecular weight excluding hydrogens is 408 g/mol. The predicted octanol–water partition coefficient (Wildman–Crippen LogP) is 3.21. The highest BCUT2D eigenvalue weighted by Gasteiger charge is 2.34. The maximum absolute atomic E-state index is 11.8. The molecule has 8 heteroatoms. The second-order valence-electron chi connectivity index (χ2n) is 8.90. The summed E-state index contributed by atoms with van der Waals surface area (Å²) in [6, 6.07) is 8.37. The molecule has 2 rings (SSSR count). The Bertz CT molecular complexity index is 723. The Morgan fingerprint density at radius 1 is 1.06 bits per heavy atom. The maximum atomic E-state index is 11.8. The van der Waals surface area contributed by atoms with Crippen LogP contribution in [-0.2, 0) is 14.9 Å². The first-order valence-electron chi connectivity index (χ1n) is 11.6. The first kappa shape index (κ1) is 25.8. The molecule has 1 aliphatic heterocycles. The molecular formula is C24H40N4O4. The van der Waals surface area contributed by atoms with Crippen molar-refractivity contribution in [1.82, 2.24) is 16.0 Å². The molecule has 0 radical (unpaired) electrons. The number of alkyl carbamates (subject to hydrolysis) is 1. The van der Waals surface area contributed by atoms with E-state index >= 15 is 0 Å². The second kappa shape index (κ2) is 12.5. The number of ether oxygens (including phenoxy) is 3. The van der Waals surface area contributed by atoms with Gasteiger partial charge in [0.05, 0.1) is 13.2 Å². The zero-order valence-electron chi connectivity index (χ0n) is 20.3. The summed E-state index contributed by atoms with van der Waals surface area (Å²) in [5.41, 5.74) is 0.683. The molecule has 1 aromatic rings. The van der Waals surface area contributed by atoms with Gasteiger partial charge in [0.15, 0.2) is 5.96 Å². The van der Waals surface area contributed by atoms with Crippen molar-refractivity contribution in [3.8, 4) is 5.75 Å². The minimum absolute atomic E-state index is 0.0693. The lowest BCUT2D eigenvalue weighted by Crippen LogP contribution is -2.44. The lowest BCUT2D eigenvalue weighted by Gasteiger charge is -2.36. The summed E-state index contributed by atoms with van der Waals surface area (Å²) in [5.74, 6) is 1.62. The number of aliphatic imine (C=N–C) groups is 1. The Labute approximate surface area is 192 Å². The second-order valence-corrected chi connectivity index (χ2v) is 8.90. The minimum atomic E-state index is -0.507. The molecule has 1 saturated heterocycles. The summed E-state index contributed by atoms with van der Waals surface area (Å²) in [7, 11) is 0. The SMILES string of the molecule is CCNC(=NCC1(c2ccc(OCC)cc2)CCOCC1)NCCNC(=O)OC(C)(C)C. The Morgan fingerprint density at radius 2 is 1.72 bits per heavy atom. The van der Waals surface area contributed by atoms with Crippen LogP contribution >= 0.6 is 0 Å². The van der Waals surface area contributed by atoms with E-state index in [-0.39, 0.29) is 5.41 Å². The molecule has 1 aliphatic rings. The van der Waals surface area contributed by atoms with E-state index in [2.05, 4.69) is 28.1 Å². The van der Waals surface area contributed by atoms with Crippen LogP contribution in [0.15, 0.2) is 29.3 Å². The molecule has 0 aliphatic carbocycles. The molecule has 0 bridgehead atoms. The van der Waals surface area contributed by atoms with Crippen molar-refractivity contribution in [1.29, 1.82) is 0 Å². The average molecular weight is 449 g/mol. The number of benzene rings is 1. The standard InChI is InChI=1S/C24H40N4O4/c1-6-25-21(26-14-15-27-22(29)32-23(3,4)5)28-18-24(12-16-30-17-13-24)19-8-10-20(11-9-19)31-7-2/h8-11H,6-7,12-18H2,1-5H3,(H,27,29)(H2,25,26,28). The summed E-state index contributed by atoms with van der Waals surface area (Å²) < 4.78 is 16.5. The van der Waals surface area contributed by atoms with Gasteiger partial charge in [0.1, 0.15) is 11.4 Å². The van der Waals surface area contributed by atoms with Crippen LogP contribution in [0.25, 0.3) is 0 Å². The van der Waals surface area contributed by atoms with Gasteiger partial charge in [-0.3, -0.25) is 4.99 Å². The van der Waals surface area contributed by atoms with Gasteiger partial charge >= 0.3 is 6.09 Å². The van der Waals surface area contributed by atoms with Crippen LogP contribution in [0.2, 0.25) is 0 Å². The van der Waals surface area contributed by atoms with E-state index in [0.717, 1.165) is 44.3 Å². The quantitative estimate of drug-likeness (QED) is 0.305. The fourth-order valence-electron chi connectivity index (χ4n) is 3.60. The molecule has 1 heterocycles. The van der Waals surface area contributed by atoms with Crippen molar-refractivity contribution < 1.29 is 19.0 Å². The van der Waals surface area contributed by atoms with Gasteiger partial charge in [-0.15, -0.1) is 0 Å². The van der Waals surface area contributed by atoms with E-state index in [1.54, 1.807) is 0 Å². The number of hydrogen-bond acceptors (Lipinski definition) is 5. The number of guanidine groups is 1. The molecule has 1 fully saturated rings. The Balaban J connectivity index is 2.00. The largest absolute Gasteiger partial charge is 0.494 e. The number of amides is 1. The summed E-state index contributed by atoms with van der Waals surface area (Å²) in [5, 5.41) is 9.33. The van der Waals surface area contributed by atoms with Gasteiger partial charge < -0.3 is 30.2 Å².